The lowest BCUT2D eigenvalue weighted by Crippen LogP contribution is -2.40. The number of piperidine rings is 1. The number of nitriles is 1. The van der Waals surface area contributed by atoms with Gasteiger partial charge in [0.25, 0.3) is 5.91 Å². The summed E-state index contributed by atoms with van der Waals surface area (Å²) in [5.74, 6) is -2.59. The summed E-state index contributed by atoms with van der Waals surface area (Å²) in [4.78, 5) is 13.6. The Kier molecular flexibility index (Phi) is 3.79. The molecule has 0 spiro atoms. The number of carbonyl (C=O) groups is 1. The normalized spacial score (nSPS) is 19.1. The van der Waals surface area contributed by atoms with Crippen LogP contribution < -0.4 is 0 Å². The minimum Gasteiger partial charge on any atom is -0.337 e. The molecule has 1 amide bonds. The van der Waals surface area contributed by atoms with Crippen molar-refractivity contribution in [2.24, 2.45) is 5.92 Å². The van der Waals surface area contributed by atoms with Gasteiger partial charge in [0.1, 0.15) is 17.2 Å². The van der Waals surface area contributed by atoms with E-state index in [1.54, 1.807) is 0 Å². The number of hydrogen-bond acceptors (Lipinski definition) is 2. The second-order valence-corrected chi connectivity index (χ2v) is 4.77. The van der Waals surface area contributed by atoms with Crippen molar-refractivity contribution in [2.75, 3.05) is 13.1 Å². The van der Waals surface area contributed by atoms with Gasteiger partial charge in [0.15, 0.2) is 0 Å². The van der Waals surface area contributed by atoms with Gasteiger partial charge in [0, 0.05) is 13.1 Å². The van der Waals surface area contributed by atoms with E-state index in [9.17, 15) is 13.6 Å². The first kappa shape index (κ1) is 13.5. The van der Waals surface area contributed by atoms with Crippen LogP contribution in [0.2, 0.25) is 0 Å². The van der Waals surface area contributed by atoms with Gasteiger partial charge < -0.3 is 4.90 Å². The molecule has 1 atom stereocenters. The van der Waals surface area contributed by atoms with Crippen molar-refractivity contribution >= 4 is 5.91 Å². The highest BCUT2D eigenvalue weighted by Gasteiger charge is 2.28. The van der Waals surface area contributed by atoms with Crippen molar-refractivity contribution in [2.45, 2.75) is 19.8 Å². The summed E-state index contributed by atoms with van der Waals surface area (Å²) in [6, 6.07) is 4.50. The average molecular weight is 264 g/mol. The predicted octanol–water partition coefficient (Wildman–Crippen LogP) is 2.65. The summed E-state index contributed by atoms with van der Waals surface area (Å²) in [5, 5.41) is 8.88. The van der Waals surface area contributed by atoms with E-state index in [-0.39, 0.29) is 18.0 Å². The van der Waals surface area contributed by atoms with Crippen LogP contribution in [0, 0.1) is 35.8 Å². The Morgan fingerprint density at radius 3 is 2.89 bits per heavy atom. The van der Waals surface area contributed by atoms with Crippen LogP contribution in [-0.4, -0.2) is 23.9 Å². The molecule has 100 valence electrons. The van der Waals surface area contributed by atoms with Gasteiger partial charge >= 0.3 is 0 Å². The number of nitrogens with zero attached hydrogens (tertiary/aromatic N) is 2. The van der Waals surface area contributed by atoms with E-state index in [2.05, 4.69) is 6.07 Å². The Morgan fingerprint density at radius 2 is 2.21 bits per heavy atom. The van der Waals surface area contributed by atoms with Crippen LogP contribution in [0.25, 0.3) is 0 Å². The Labute approximate surface area is 110 Å². The first-order valence-electron chi connectivity index (χ1n) is 6.18. The number of carbonyl (C=O) groups excluding carboxylic acids is 1. The second kappa shape index (κ2) is 5.35. The number of likely N-dealkylation sites (tertiary alicyclic amines) is 1. The molecule has 1 unspecified atom stereocenters. The Balaban J connectivity index is 2.30. The van der Waals surface area contributed by atoms with Crippen LogP contribution in [0.15, 0.2) is 12.1 Å². The molecule has 5 heteroatoms. The number of amides is 1. The monoisotopic (exact) mass is 264 g/mol. The molecule has 0 bridgehead atoms. The maximum atomic E-state index is 13.9. The summed E-state index contributed by atoms with van der Waals surface area (Å²) in [5.41, 5.74) is -0.280. The number of rotatable bonds is 1. The average Bonchev–Trinajstić information content (AvgIpc) is 2.43. The predicted molar refractivity (Wildman–Crippen MR) is 65.3 cm³/mol. The number of benzene rings is 1. The van der Waals surface area contributed by atoms with Gasteiger partial charge in [0.2, 0.25) is 0 Å². The molecule has 1 aliphatic rings. The fourth-order valence-electron chi connectivity index (χ4n) is 2.28. The minimum atomic E-state index is -0.854. The van der Waals surface area contributed by atoms with Crippen molar-refractivity contribution in [3.05, 3.63) is 34.9 Å². The smallest absolute Gasteiger partial charge is 0.259 e. The maximum Gasteiger partial charge on any atom is 0.259 e. The van der Waals surface area contributed by atoms with Crippen LogP contribution in [-0.2, 0) is 0 Å². The Morgan fingerprint density at radius 1 is 1.47 bits per heavy atom. The first-order valence-corrected chi connectivity index (χ1v) is 6.18. The van der Waals surface area contributed by atoms with Gasteiger partial charge in [-0.1, -0.05) is 6.07 Å². The van der Waals surface area contributed by atoms with Gasteiger partial charge in [-0.15, -0.1) is 0 Å². The van der Waals surface area contributed by atoms with Crippen molar-refractivity contribution in [1.82, 2.24) is 4.90 Å². The number of hydrogen-bond donors (Lipinski definition) is 0. The number of halogens is 2. The van der Waals surface area contributed by atoms with E-state index in [0.29, 0.717) is 13.0 Å². The van der Waals surface area contributed by atoms with Gasteiger partial charge in [0.05, 0.1) is 12.0 Å². The van der Waals surface area contributed by atoms with E-state index in [1.807, 2.05) is 0 Å². The number of aryl methyl sites for hydroxylation is 1. The van der Waals surface area contributed by atoms with Crippen molar-refractivity contribution in [3.8, 4) is 6.07 Å². The van der Waals surface area contributed by atoms with E-state index in [4.69, 9.17) is 5.26 Å². The molecule has 1 aromatic rings. The third kappa shape index (κ3) is 2.58. The SMILES string of the molecule is Cc1ccc(F)c(C(=O)N2CCCC(C#N)C2)c1F. The lowest BCUT2D eigenvalue weighted by molar-refractivity contribution is 0.0688. The highest BCUT2D eigenvalue weighted by atomic mass is 19.1. The molecular weight excluding hydrogens is 250 g/mol. The van der Waals surface area contributed by atoms with E-state index < -0.39 is 23.1 Å². The van der Waals surface area contributed by atoms with Crippen molar-refractivity contribution in [1.29, 1.82) is 5.26 Å². The van der Waals surface area contributed by atoms with Crippen molar-refractivity contribution < 1.29 is 13.6 Å². The third-order valence-electron chi connectivity index (χ3n) is 3.39. The first-order chi connectivity index (χ1) is 9.04. The van der Waals surface area contributed by atoms with Gasteiger partial charge in [-0.2, -0.15) is 5.26 Å². The molecule has 0 aliphatic carbocycles. The lowest BCUT2D eigenvalue weighted by Gasteiger charge is -2.29. The molecule has 0 aromatic heterocycles. The highest BCUT2D eigenvalue weighted by Crippen LogP contribution is 2.22. The summed E-state index contributed by atoms with van der Waals surface area (Å²) in [7, 11) is 0. The minimum absolute atomic E-state index is 0.235. The van der Waals surface area contributed by atoms with E-state index in [0.717, 1.165) is 12.5 Å². The molecular formula is C14H14F2N2O. The van der Waals surface area contributed by atoms with E-state index >= 15 is 0 Å². The quantitative estimate of drug-likeness (QED) is 0.782. The van der Waals surface area contributed by atoms with Gasteiger partial charge in [-0.25, -0.2) is 8.78 Å². The highest BCUT2D eigenvalue weighted by molar-refractivity contribution is 5.95. The largest absolute Gasteiger partial charge is 0.337 e. The summed E-state index contributed by atoms with van der Waals surface area (Å²) >= 11 is 0. The molecule has 0 N–H and O–H groups in total. The fraction of sp³-hybridized carbons (Fsp3) is 0.429. The molecule has 0 saturated carbocycles. The maximum absolute atomic E-state index is 13.9. The second-order valence-electron chi connectivity index (χ2n) is 4.77. The molecule has 1 saturated heterocycles. The van der Waals surface area contributed by atoms with Crippen LogP contribution in [0.3, 0.4) is 0 Å². The molecule has 19 heavy (non-hydrogen) atoms. The van der Waals surface area contributed by atoms with Gasteiger partial charge in [-0.3, -0.25) is 4.79 Å². The topological polar surface area (TPSA) is 44.1 Å². The fourth-order valence-corrected chi connectivity index (χ4v) is 2.28. The molecule has 2 rings (SSSR count). The zero-order chi connectivity index (χ0) is 14.0. The zero-order valence-electron chi connectivity index (χ0n) is 10.6. The van der Waals surface area contributed by atoms with Gasteiger partial charge in [-0.05, 0) is 31.4 Å². The summed E-state index contributed by atoms with van der Waals surface area (Å²) < 4.78 is 27.6. The molecule has 1 aromatic carbocycles. The molecule has 3 nitrogen and oxygen atoms in total. The Bertz CT molecular complexity index is 551. The summed E-state index contributed by atoms with van der Waals surface area (Å²) in [6.07, 6.45) is 1.40. The van der Waals surface area contributed by atoms with Crippen LogP contribution in [0.5, 0.6) is 0 Å². The van der Waals surface area contributed by atoms with Crippen LogP contribution in [0.4, 0.5) is 8.78 Å². The standard InChI is InChI=1S/C14H14F2N2O/c1-9-4-5-11(15)12(13(9)16)14(19)18-6-2-3-10(7-17)8-18/h4-5,10H,2-3,6,8H2,1H3. The third-order valence-corrected chi connectivity index (χ3v) is 3.39. The molecule has 1 aliphatic heterocycles. The Hall–Kier alpha value is -1.96. The molecule has 1 heterocycles. The van der Waals surface area contributed by atoms with Crippen molar-refractivity contribution in [3.63, 3.8) is 0 Å². The summed E-state index contributed by atoms with van der Waals surface area (Å²) in [6.45, 7) is 2.16. The van der Waals surface area contributed by atoms with Crippen LogP contribution in [0.1, 0.15) is 28.8 Å². The van der Waals surface area contributed by atoms with E-state index in [1.165, 1.54) is 17.9 Å². The molecule has 0 radical (unpaired) electrons. The lowest BCUT2D eigenvalue weighted by atomic mass is 9.98. The zero-order valence-corrected chi connectivity index (χ0v) is 10.6. The molecule has 1 fully saturated rings. The van der Waals surface area contributed by atoms with Crippen LogP contribution >= 0.6 is 0 Å².